The molecule has 1 aliphatic rings. The van der Waals surface area contributed by atoms with Gasteiger partial charge in [0, 0.05) is 12.6 Å². The summed E-state index contributed by atoms with van der Waals surface area (Å²) in [6.45, 7) is 4.76. The van der Waals surface area contributed by atoms with Gasteiger partial charge in [-0.2, -0.15) is 0 Å². The van der Waals surface area contributed by atoms with Crippen LogP contribution in [0.4, 0.5) is 0 Å². The van der Waals surface area contributed by atoms with Gasteiger partial charge in [0.15, 0.2) is 5.84 Å². The quantitative estimate of drug-likeness (QED) is 0.297. The molecule has 3 unspecified atom stereocenters. The maximum absolute atomic E-state index is 8.57. The summed E-state index contributed by atoms with van der Waals surface area (Å²) in [7, 11) is 1.97. The van der Waals surface area contributed by atoms with E-state index in [1.54, 1.807) is 0 Å². The summed E-state index contributed by atoms with van der Waals surface area (Å²) < 4.78 is 5.47. The van der Waals surface area contributed by atoms with E-state index in [0.717, 1.165) is 13.0 Å². The third-order valence-corrected chi connectivity index (χ3v) is 3.01. The SMILES string of the molecule is CC1OCCC1N(C)C(C)C(N)=NO. The van der Waals surface area contributed by atoms with E-state index >= 15 is 0 Å². The fourth-order valence-corrected chi connectivity index (χ4v) is 1.83. The van der Waals surface area contributed by atoms with Gasteiger partial charge in [-0.25, -0.2) is 0 Å². The first-order chi connectivity index (χ1) is 6.57. The number of nitrogens with two attached hydrogens (primary N) is 1. The van der Waals surface area contributed by atoms with Crippen molar-refractivity contribution in [3.8, 4) is 0 Å². The molecule has 1 rings (SSSR count). The van der Waals surface area contributed by atoms with Crippen LogP contribution in [0.1, 0.15) is 20.3 Å². The predicted octanol–water partition coefficient (Wildman–Crippen LogP) is 0.231. The summed E-state index contributed by atoms with van der Waals surface area (Å²) in [5.41, 5.74) is 5.55. The zero-order valence-corrected chi connectivity index (χ0v) is 8.97. The Labute approximate surface area is 84.5 Å². The van der Waals surface area contributed by atoms with E-state index in [1.807, 2.05) is 20.9 Å². The molecule has 1 heterocycles. The van der Waals surface area contributed by atoms with Gasteiger partial charge in [-0.15, -0.1) is 0 Å². The fourth-order valence-electron chi connectivity index (χ4n) is 1.83. The standard InChI is InChI=1S/C9H19N3O2/c1-6(9(10)11-13)12(3)8-4-5-14-7(8)2/h6-8,13H,4-5H2,1-3H3,(H2,10,11). The lowest BCUT2D eigenvalue weighted by Gasteiger charge is -2.31. The van der Waals surface area contributed by atoms with Crippen molar-refractivity contribution in [3.63, 3.8) is 0 Å². The fraction of sp³-hybridized carbons (Fsp3) is 0.889. The lowest BCUT2D eigenvalue weighted by molar-refractivity contribution is 0.0790. The molecule has 0 aromatic carbocycles. The average Bonchev–Trinajstić information content (AvgIpc) is 2.61. The maximum atomic E-state index is 8.57. The van der Waals surface area contributed by atoms with Crippen LogP contribution in [0, 0.1) is 0 Å². The molecule has 1 saturated heterocycles. The van der Waals surface area contributed by atoms with Crippen molar-refractivity contribution in [2.45, 2.75) is 38.5 Å². The first-order valence-electron chi connectivity index (χ1n) is 4.89. The van der Waals surface area contributed by atoms with Crippen LogP contribution in [0.2, 0.25) is 0 Å². The van der Waals surface area contributed by atoms with Crippen LogP contribution < -0.4 is 5.73 Å². The molecule has 0 saturated carbocycles. The lowest BCUT2D eigenvalue weighted by Crippen LogP contribution is -2.48. The Morgan fingerprint density at radius 2 is 2.36 bits per heavy atom. The highest BCUT2D eigenvalue weighted by Gasteiger charge is 2.31. The Morgan fingerprint density at radius 3 is 2.79 bits per heavy atom. The molecule has 0 radical (unpaired) electrons. The number of amidine groups is 1. The van der Waals surface area contributed by atoms with E-state index in [-0.39, 0.29) is 18.0 Å². The molecule has 14 heavy (non-hydrogen) atoms. The number of rotatable bonds is 3. The first-order valence-corrected chi connectivity index (χ1v) is 4.89. The number of hydrogen-bond acceptors (Lipinski definition) is 4. The van der Waals surface area contributed by atoms with Crippen LogP contribution in [0.15, 0.2) is 5.16 Å². The van der Waals surface area contributed by atoms with E-state index in [0.29, 0.717) is 6.04 Å². The molecule has 5 heteroatoms. The van der Waals surface area contributed by atoms with E-state index in [2.05, 4.69) is 10.1 Å². The number of hydrogen-bond donors (Lipinski definition) is 2. The zero-order valence-electron chi connectivity index (χ0n) is 8.97. The second-order valence-corrected chi connectivity index (χ2v) is 3.80. The number of nitrogens with zero attached hydrogens (tertiary/aromatic N) is 2. The molecule has 1 aliphatic heterocycles. The molecule has 0 aromatic heterocycles. The van der Waals surface area contributed by atoms with Crippen LogP contribution >= 0.6 is 0 Å². The van der Waals surface area contributed by atoms with Gasteiger partial charge in [-0.3, -0.25) is 4.90 Å². The Morgan fingerprint density at radius 1 is 1.71 bits per heavy atom. The Balaban J connectivity index is 2.59. The van der Waals surface area contributed by atoms with Crippen molar-refractivity contribution in [2.24, 2.45) is 10.9 Å². The second-order valence-electron chi connectivity index (χ2n) is 3.80. The number of ether oxygens (including phenoxy) is 1. The van der Waals surface area contributed by atoms with Crippen molar-refractivity contribution in [3.05, 3.63) is 0 Å². The van der Waals surface area contributed by atoms with E-state index in [9.17, 15) is 0 Å². The van der Waals surface area contributed by atoms with Crippen molar-refractivity contribution < 1.29 is 9.94 Å². The minimum atomic E-state index is -0.0610. The summed E-state index contributed by atoms with van der Waals surface area (Å²) in [5, 5.41) is 11.6. The van der Waals surface area contributed by atoms with E-state index in [1.165, 1.54) is 0 Å². The predicted molar refractivity (Wildman–Crippen MR) is 54.5 cm³/mol. The molecular formula is C9H19N3O2. The van der Waals surface area contributed by atoms with E-state index in [4.69, 9.17) is 15.7 Å². The largest absolute Gasteiger partial charge is 0.409 e. The van der Waals surface area contributed by atoms with Gasteiger partial charge in [0.25, 0.3) is 0 Å². The molecule has 3 N–H and O–H groups in total. The minimum absolute atomic E-state index is 0.0610. The van der Waals surface area contributed by atoms with Crippen LogP contribution in [0.25, 0.3) is 0 Å². The van der Waals surface area contributed by atoms with Gasteiger partial charge < -0.3 is 15.7 Å². The molecule has 5 nitrogen and oxygen atoms in total. The second kappa shape index (κ2) is 4.61. The molecule has 0 amide bonds. The molecule has 0 aromatic rings. The van der Waals surface area contributed by atoms with Crippen molar-refractivity contribution in [1.29, 1.82) is 0 Å². The zero-order chi connectivity index (χ0) is 10.7. The highest BCUT2D eigenvalue weighted by Crippen LogP contribution is 2.19. The van der Waals surface area contributed by atoms with Crippen molar-refractivity contribution in [2.75, 3.05) is 13.7 Å². The summed E-state index contributed by atoms with van der Waals surface area (Å²) in [6, 6.07) is 0.291. The van der Waals surface area contributed by atoms with Gasteiger partial charge in [-0.1, -0.05) is 5.16 Å². The summed E-state index contributed by atoms with van der Waals surface area (Å²) in [4.78, 5) is 2.09. The average molecular weight is 201 g/mol. The molecule has 0 aliphatic carbocycles. The molecule has 1 fully saturated rings. The Hall–Kier alpha value is -0.810. The van der Waals surface area contributed by atoms with Crippen LogP contribution in [-0.2, 0) is 4.74 Å². The van der Waals surface area contributed by atoms with Gasteiger partial charge >= 0.3 is 0 Å². The monoisotopic (exact) mass is 201 g/mol. The molecule has 3 atom stereocenters. The van der Waals surface area contributed by atoms with Gasteiger partial charge in [-0.05, 0) is 27.3 Å². The van der Waals surface area contributed by atoms with Crippen LogP contribution in [0.3, 0.4) is 0 Å². The normalized spacial score (nSPS) is 31.0. The van der Waals surface area contributed by atoms with Crippen molar-refractivity contribution >= 4 is 5.84 Å². The molecular weight excluding hydrogens is 182 g/mol. The smallest absolute Gasteiger partial charge is 0.156 e. The maximum Gasteiger partial charge on any atom is 0.156 e. The summed E-state index contributed by atoms with van der Waals surface area (Å²) >= 11 is 0. The summed E-state index contributed by atoms with van der Waals surface area (Å²) in [5.74, 6) is 0.242. The number of likely N-dealkylation sites (N-methyl/N-ethyl adjacent to an activating group) is 1. The lowest BCUT2D eigenvalue weighted by atomic mass is 10.1. The Bertz CT molecular complexity index is 220. The summed E-state index contributed by atoms with van der Waals surface area (Å²) in [6.07, 6.45) is 1.22. The van der Waals surface area contributed by atoms with Gasteiger partial charge in [0.1, 0.15) is 0 Å². The van der Waals surface area contributed by atoms with Gasteiger partial charge in [0.05, 0.1) is 12.1 Å². The minimum Gasteiger partial charge on any atom is -0.409 e. The highest BCUT2D eigenvalue weighted by atomic mass is 16.5. The molecule has 0 bridgehead atoms. The van der Waals surface area contributed by atoms with Crippen molar-refractivity contribution in [1.82, 2.24) is 4.90 Å². The number of oxime groups is 1. The third-order valence-electron chi connectivity index (χ3n) is 3.01. The van der Waals surface area contributed by atoms with Gasteiger partial charge in [0.2, 0.25) is 0 Å². The van der Waals surface area contributed by atoms with Crippen LogP contribution in [0.5, 0.6) is 0 Å². The Kier molecular flexibility index (Phi) is 3.71. The third kappa shape index (κ3) is 2.16. The molecule has 0 spiro atoms. The van der Waals surface area contributed by atoms with E-state index < -0.39 is 0 Å². The topological polar surface area (TPSA) is 71.1 Å². The molecule has 82 valence electrons. The van der Waals surface area contributed by atoms with Crippen LogP contribution in [-0.4, -0.2) is 47.8 Å². The highest BCUT2D eigenvalue weighted by molar-refractivity contribution is 5.84. The first kappa shape index (κ1) is 11.3.